The number of benzene rings is 2. The van der Waals surface area contributed by atoms with E-state index >= 15 is 0 Å². The summed E-state index contributed by atoms with van der Waals surface area (Å²) in [6.07, 6.45) is 2.40. The summed E-state index contributed by atoms with van der Waals surface area (Å²) in [6, 6.07) is 20.5. The van der Waals surface area contributed by atoms with Gasteiger partial charge in [0.05, 0.1) is 6.04 Å². The van der Waals surface area contributed by atoms with E-state index in [9.17, 15) is 9.59 Å². The van der Waals surface area contributed by atoms with Gasteiger partial charge in [-0.2, -0.15) is 0 Å². The molecule has 3 aromatic rings. The van der Waals surface area contributed by atoms with Gasteiger partial charge in [-0.1, -0.05) is 31.2 Å². The Hall–Kier alpha value is -2.96. The molecule has 1 fully saturated rings. The maximum atomic E-state index is 12.8. The molecule has 166 valence electrons. The molecule has 1 unspecified atom stereocenters. The molecule has 2 heterocycles. The SMILES string of the molecule is CC1CCN(C(CNC(=O)c2ccc(NC(=O)c3ccccc3)cc2)c2cccs2)CC1. The van der Waals surface area contributed by atoms with Crippen molar-refractivity contribution in [3.63, 3.8) is 0 Å². The summed E-state index contributed by atoms with van der Waals surface area (Å²) in [5.41, 5.74) is 1.84. The van der Waals surface area contributed by atoms with Crippen LogP contribution in [0.2, 0.25) is 0 Å². The zero-order valence-corrected chi connectivity index (χ0v) is 19.1. The van der Waals surface area contributed by atoms with E-state index in [-0.39, 0.29) is 17.9 Å². The summed E-state index contributed by atoms with van der Waals surface area (Å²) >= 11 is 1.75. The molecule has 2 amide bonds. The molecule has 4 rings (SSSR count). The van der Waals surface area contributed by atoms with Gasteiger partial charge in [-0.25, -0.2) is 0 Å². The number of thiophene rings is 1. The van der Waals surface area contributed by atoms with E-state index in [0.29, 0.717) is 23.4 Å². The van der Waals surface area contributed by atoms with Crippen LogP contribution in [0.15, 0.2) is 72.1 Å². The summed E-state index contributed by atoms with van der Waals surface area (Å²) in [6.45, 7) is 5.02. The Labute approximate surface area is 193 Å². The molecular formula is C26H29N3O2S. The number of piperidine rings is 1. The lowest BCUT2D eigenvalue weighted by atomic mass is 9.97. The van der Waals surface area contributed by atoms with Crippen molar-refractivity contribution < 1.29 is 9.59 Å². The van der Waals surface area contributed by atoms with Gasteiger partial charge >= 0.3 is 0 Å². The van der Waals surface area contributed by atoms with Gasteiger partial charge in [0.15, 0.2) is 0 Å². The number of carbonyl (C=O) groups excluding carboxylic acids is 2. The number of anilines is 1. The molecule has 0 radical (unpaired) electrons. The fourth-order valence-electron chi connectivity index (χ4n) is 4.02. The van der Waals surface area contributed by atoms with Crippen molar-refractivity contribution in [1.29, 1.82) is 0 Å². The van der Waals surface area contributed by atoms with Crippen LogP contribution in [0.5, 0.6) is 0 Å². The fraction of sp³-hybridized carbons (Fsp3) is 0.308. The van der Waals surface area contributed by atoms with Gasteiger partial charge in [0.25, 0.3) is 11.8 Å². The predicted octanol–water partition coefficient (Wildman–Crippen LogP) is 5.20. The maximum absolute atomic E-state index is 12.8. The highest BCUT2D eigenvalue weighted by Gasteiger charge is 2.25. The Bertz CT molecular complexity index is 1010. The van der Waals surface area contributed by atoms with Gasteiger partial charge in [-0.05, 0) is 79.7 Å². The van der Waals surface area contributed by atoms with Crippen LogP contribution in [0, 0.1) is 5.92 Å². The number of amides is 2. The van der Waals surface area contributed by atoms with Gasteiger partial charge in [-0.15, -0.1) is 11.3 Å². The van der Waals surface area contributed by atoms with Crippen molar-refractivity contribution in [1.82, 2.24) is 10.2 Å². The third kappa shape index (κ3) is 5.64. The number of hydrogen-bond acceptors (Lipinski definition) is 4. The number of nitrogens with one attached hydrogen (secondary N) is 2. The largest absolute Gasteiger partial charge is 0.350 e. The van der Waals surface area contributed by atoms with E-state index in [1.54, 1.807) is 47.7 Å². The Morgan fingerprint density at radius 3 is 2.28 bits per heavy atom. The minimum Gasteiger partial charge on any atom is -0.350 e. The molecule has 1 aromatic heterocycles. The standard InChI is InChI=1S/C26H29N3O2S/c1-19-13-15-29(16-14-19)23(24-8-5-17-32-24)18-27-25(30)21-9-11-22(12-10-21)28-26(31)20-6-3-2-4-7-20/h2-12,17,19,23H,13-16,18H2,1H3,(H,27,30)(H,28,31). The third-order valence-electron chi connectivity index (χ3n) is 6.03. The minimum absolute atomic E-state index is 0.0992. The lowest BCUT2D eigenvalue weighted by Gasteiger charge is -2.36. The average Bonchev–Trinajstić information content (AvgIpc) is 3.36. The molecule has 1 aliphatic rings. The normalized spacial score (nSPS) is 15.8. The van der Waals surface area contributed by atoms with Crippen molar-refractivity contribution in [2.24, 2.45) is 5.92 Å². The third-order valence-corrected chi connectivity index (χ3v) is 7.00. The van der Waals surface area contributed by atoms with Crippen molar-refractivity contribution in [3.05, 3.63) is 88.1 Å². The van der Waals surface area contributed by atoms with Crippen LogP contribution in [-0.4, -0.2) is 36.3 Å². The molecule has 0 bridgehead atoms. The van der Waals surface area contributed by atoms with E-state index in [1.807, 2.05) is 18.2 Å². The number of likely N-dealkylation sites (tertiary alicyclic amines) is 1. The Balaban J connectivity index is 1.36. The first-order valence-corrected chi connectivity index (χ1v) is 12.0. The number of rotatable bonds is 7. The molecule has 0 aliphatic carbocycles. The van der Waals surface area contributed by atoms with Gasteiger partial charge in [0, 0.05) is 28.2 Å². The molecule has 5 nitrogen and oxygen atoms in total. The lowest BCUT2D eigenvalue weighted by molar-refractivity contribution is 0.0914. The predicted molar refractivity (Wildman–Crippen MR) is 130 cm³/mol. The van der Waals surface area contributed by atoms with Gasteiger partial charge in [0.2, 0.25) is 0 Å². The van der Waals surface area contributed by atoms with Crippen LogP contribution < -0.4 is 10.6 Å². The fourth-order valence-corrected chi connectivity index (χ4v) is 4.88. The number of hydrogen-bond donors (Lipinski definition) is 2. The van der Waals surface area contributed by atoms with Crippen LogP contribution in [0.3, 0.4) is 0 Å². The smallest absolute Gasteiger partial charge is 0.255 e. The second-order valence-electron chi connectivity index (χ2n) is 8.36. The summed E-state index contributed by atoms with van der Waals surface area (Å²) in [5, 5.41) is 8.08. The first kappa shape index (κ1) is 22.2. The van der Waals surface area contributed by atoms with Crippen LogP contribution in [0.4, 0.5) is 5.69 Å². The Kier molecular flexibility index (Phi) is 7.35. The highest BCUT2D eigenvalue weighted by atomic mass is 32.1. The number of carbonyl (C=O) groups is 2. The van der Waals surface area contributed by atoms with E-state index < -0.39 is 0 Å². The van der Waals surface area contributed by atoms with Crippen molar-refractivity contribution in [3.8, 4) is 0 Å². The van der Waals surface area contributed by atoms with Gasteiger partial charge < -0.3 is 10.6 Å². The highest BCUT2D eigenvalue weighted by molar-refractivity contribution is 7.10. The molecule has 2 N–H and O–H groups in total. The molecule has 32 heavy (non-hydrogen) atoms. The van der Waals surface area contributed by atoms with Crippen LogP contribution in [0.1, 0.15) is 51.4 Å². The summed E-state index contributed by atoms with van der Waals surface area (Å²) < 4.78 is 0. The van der Waals surface area contributed by atoms with Gasteiger partial charge in [0.1, 0.15) is 0 Å². The van der Waals surface area contributed by atoms with Gasteiger partial charge in [-0.3, -0.25) is 14.5 Å². The van der Waals surface area contributed by atoms with E-state index in [1.165, 1.54) is 17.7 Å². The molecule has 1 aliphatic heterocycles. The summed E-state index contributed by atoms with van der Waals surface area (Å²) in [5.74, 6) is 0.501. The number of nitrogens with zero attached hydrogens (tertiary/aromatic N) is 1. The molecule has 0 spiro atoms. The van der Waals surface area contributed by atoms with Crippen LogP contribution >= 0.6 is 11.3 Å². The van der Waals surface area contributed by atoms with E-state index in [4.69, 9.17) is 0 Å². The van der Waals surface area contributed by atoms with E-state index in [0.717, 1.165) is 19.0 Å². The minimum atomic E-state index is -0.169. The quantitative estimate of drug-likeness (QED) is 0.523. The van der Waals surface area contributed by atoms with Crippen LogP contribution in [-0.2, 0) is 0 Å². The molecule has 1 saturated heterocycles. The molecule has 1 atom stereocenters. The van der Waals surface area contributed by atoms with Crippen molar-refractivity contribution in [2.75, 3.05) is 25.0 Å². The van der Waals surface area contributed by atoms with Crippen molar-refractivity contribution >= 4 is 28.8 Å². The maximum Gasteiger partial charge on any atom is 0.255 e. The molecular weight excluding hydrogens is 418 g/mol. The second-order valence-corrected chi connectivity index (χ2v) is 9.34. The first-order chi connectivity index (χ1) is 15.6. The average molecular weight is 448 g/mol. The highest BCUT2D eigenvalue weighted by Crippen LogP contribution is 2.29. The van der Waals surface area contributed by atoms with E-state index in [2.05, 4.69) is 40.0 Å². The Morgan fingerprint density at radius 2 is 1.62 bits per heavy atom. The lowest BCUT2D eigenvalue weighted by Crippen LogP contribution is -2.41. The molecule has 0 saturated carbocycles. The first-order valence-electron chi connectivity index (χ1n) is 11.1. The van der Waals surface area contributed by atoms with Crippen molar-refractivity contribution in [2.45, 2.75) is 25.8 Å². The Morgan fingerprint density at radius 1 is 0.938 bits per heavy atom. The topological polar surface area (TPSA) is 61.4 Å². The zero-order chi connectivity index (χ0) is 22.3. The molecule has 6 heteroatoms. The van der Waals surface area contributed by atoms with Crippen LogP contribution in [0.25, 0.3) is 0 Å². The summed E-state index contributed by atoms with van der Waals surface area (Å²) in [7, 11) is 0. The summed E-state index contributed by atoms with van der Waals surface area (Å²) in [4.78, 5) is 28.9. The zero-order valence-electron chi connectivity index (χ0n) is 18.3. The second kappa shape index (κ2) is 10.6. The molecule has 2 aromatic carbocycles. The monoisotopic (exact) mass is 447 g/mol.